The quantitative estimate of drug-likeness (QED) is 0.939. The molecule has 2 N–H and O–H groups in total. The maximum Gasteiger partial charge on any atom is 0.145 e. The Kier molecular flexibility index (Phi) is 4.12. The van der Waals surface area contributed by atoms with Crippen molar-refractivity contribution in [3.63, 3.8) is 0 Å². The van der Waals surface area contributed by atoms with Crippen LogP contribution in [-0.4, -0.2) is 10.2 Å². The summed E-state index contributed by atoms with van der Waals surface area (Å²) in [5.41, 5.74) is 9.09. The minimum atomic E-state index is -0.406. The van der Waals surface area contributed by atoms with Crippen LogP contribution in [0.15, 0.2) is 24.3 Å². The van der Waals surface area contributed by atoms with E-state index in [-0.39, 0.29) is 11.1 Å². The molecule has 0 aliphatic carbocycles. The van der Waals surface area contributed by atoms with Crippen molar-refractivity contribution in [3.8, 4) is 0 Å². The number of hydrogen-bond acceptors (Lipinski definition) is 3. The van der Waals surface area contributed by atoms with Crippen molar-refractivity contribution in [2.45, 2.75) is 26.3 Å². The van der Waals surface area contributed by atoms with Crippen LogP contribution in [0.3, 0.4) is 0 Å². The van der Waals surface area contributed by atoms with E-state index >= 15 is 0 Å². The summed E-state index contributed by atoms with van der Waals surface area (Å²) in [6.45, 7) is 3.69. The Balaban J connectivity index is 2.28. The zero-order valence-corrected chi connectivity index (χ0v) is 11.6. The number of aromatic nitrogens is 2. The van der Waals surface area contributed by atoms with Gasteiger partial charge in [0.1, 0.15) is 5.82 Å². The second kappa shape index (κ2) is 5.63. The molecule has 0 aliphatic heterocycles. The molecule has 1 aromatic heterocycles. The lowest BCUT2D eigenvalue weighted by Gasteiger charge is -2.15. The zero-order chi connectivity index (χ0) is 14.0. The second-order valence-corrected chi connectivity index (χ2v) is 4.96. The van der Waals surface area contributed by atoms with E-state index in [0.29, 0.717) is 12.0 Å². The third-order valence-electron chi connectivity index (χ3n) is 3.01. The highest BCUT2D eigenvalue weighted by Crippen LogP contribution is 2.23. The molecule has 0 spiro atoms. The first-order valence-electron chi connectivity index (χ1n) is 5.98. The zero-order valence-electron chi connectivity index (χ0n) is 10.8. The molecule has 0 aliphatic rings. The van der Waals surface area contributed by atoms with Crippen LogP contribution in [0.1, 0.15) is 28.6 Å². The molecule has 0 fully saturated rings. The maximum atomic E-state index is 13.8. The molecule has 1 aromatic carbocycles. The highest BCUT2D eigenvalue weighted by Gasteiger charge is 2.15. The Labute approximate surface area is 116 Å². The third kappa shape index (κ3) is 3.08. The smallest absolute Gasteiger partial charge is 0.145 e. The first-order valence-corrected chi connectivity index (χ1v) is 6.36. The van der Waals surface area contributed by atoms with Crippen LogP contribution in [0.4, 0.5) is 4.39 Å². The van der Waals surface area contributed by atoms with E-state index in [0.717, 1.165) is 17.0 Å². The van der Waals surface area contributed by atoms with E-state index in [2.05, 4.69) is 10.2 Å². The van der Waals surface area contributed by atoms with Crippen molar-refractivity contribution < 1.29 is 4.39 Å². The summed E-state index contributed by atoms with van der Waals surface area (Å²) in [5.74, 6) is -0.406. The fraction of sp³-hybridized carbons (Fsp3) is 0.286. The predicted molar refractivity (Wildman–Crippen MR) is 73.5 cm³/mol. The maximum absolute atomic E-state index is 13.8. The molecule has 19 heavy (non-hydrogen) atoms. The van der Waals surface area contributed by atoms with Crippen molar-refractivity contribution in [1.82, 2.24) is 10.2 Å². The molecule has 100 valence electrons. The van der Waals surface area contributed by atoms with Crippen LogP contribution in [0, 0.1) is 19.7 Å². The lowest BCUT2D eigenvalue weighted by molar-refractivity contribution is 0.591. The third-order valence-corrected chi connectivity index (χ3v) is 3.30. The number of halogens is 2. The molecule has 0 saturated carbocycles. The van der Waals surface area contributed by atoms with Crippen molar-refractivity contribution in [2.75, 3.05) is 0 Å². The average Bonchev–Trinajstić information content (AvgIpc) is 2.38. The van der Waals surface area contributed by atoms with E-state index in [1.165, 1.54) is 6.07 Å². The van der Waals surface area contributed by atoms with E-state index in [1.54, 1.807) is 12.1 Å². The highest BCUT2D eigenvalue weighted by atomic mass is 35.5. The number of rotatable bonds is 3. The first kappa shape index (κ1) is 13.9. The van der Waals surface area contributed by atoms with Crippen LogP contribution in [0.5, 0.6) is 0 Å². The van der Waals surface area contributed by atoms with Crippen molar-refractivity contribution in [1.29, 1.82) is 0 Å². The standard InChI is InChI=1S/C14H15ClFN3/c1-8-6-11(9(2)19-18-8)13(17)7-10-4-3-5-12(15)14(10)16/h3-6,13H,7,17H2,1-2H3. The number of nitrogens with two attached hydrogens (primary N) is 1. The molecular weight excluding hydrogens is 265 g/mol. The second-order valence-electron chi connectivity index (χ2n) is 4.55. The fourth-order valence-electron chi connectivity index (χ4n) is 2.00. The van der Waals surface area contributed by atoms with Gasteiger partial charge >= 0.3 is 0 Å². The van der Waals surface area contributed by atoms with Crippen LogP contribution < -0.4 is 5.73 Å². The van der Waals surface area contributed by atoms with Gasteiger partial charge in [-0.25, -0.2) is 4.39 Å². The summed E-state index contributed by atoms with van der Waals surface area (Å²) in [6.07, 6.45) is 0.373. The van der Waals surface area contributed by atoms with Gasteiger partial charge in [0.2, 0.25) is 0 Å². The molecule has 1 heterocycles. The first-order chi connectivity index (χ1) is 8.99. The number of aryl methyl sites for hydroxylation is 2. The van der Waals surface area contributed by atoms with Gasteiger partial charge in [0.05, 0.1) is 16.4 Å². The van der Waals surface area contributed by atoms with E-state index in [4.69, 9.17) is 17.3 Å². The molecular formula is C14H15ClFN3. The largest absolute Gasteiger partial charge is 0.324 e. The van der Waals surface area contributed by atoms with E-state index in [1.807, 2.05) is 19.9 Å². The van der Waals surface area contributed by atoms with Gasteiger partial charge in [-0.1, -0.05) is 23.7 Å². The normalized spacial score (nSPS) is 12.5. The Hall–Kier alpha value is -1.52. The van der Waals surface area contributed by atoms with Crippen LogP contribution >= 0.6 is 11.6 Å². The summed E-state index contributed by atoms with van der Waals surface area (Å²) in [5, 5.41) is 8.11. The summed E-state index contributed by atoms with van der Waals surface area (Å²) in [6, 6.07) is 6.49. The van der Waals surface area contributed by atoms with Crippen molar-refractivity contribution >= 4 is 11.6 Å². The van der Waals surface area contributed by atoms with Crippen LogP contribution in [0.2, 0.25) is 5.02 Å². The van der Waals surface area contributed by atoms with E-state index in [9.17, 15) is 4.39 Å². The lowest BCUT2D eigenvalue weighted by Crippen LogP contribution is -2.17. The van der Waals surface area contributed by atoms with Gasteiger partial charge in [0.25, 0.3) is 0 Å². The van der Waals surface area contributed by atoms with Gasteiger partial charge < -0.3 is 5.73 Å². The monoisotopic (exact) mass is 279 g/mol. The van der Waals surface area contributed by atoms with Gasteiger partial charge in [-0.15, -0.1) is 0 Å². The van der Waals surface area contributed by atoms with Crippen LogP contribution in [-0.2, 0) is 6.42 Å². The molecule has 0 saturated heterocycles. The summed E-state index contributed by atoms with van der Waals surface area (Å²) in [7, 11) is 0. The van der Waals surface area contributed by atoms with Gasteiger partial charge in [-0.3, -0.25) is 0 Å². The number of nitrogens with zero attached hydrogens (tertiary/aromatic N) is 2. The van der Waals surface area contributed by atoms with Gasteiger partial charge in [0, 0.05) is 6.04 Å². The fourth-order valence-corrected chi connectivity index (χ4v) is 2.19. The van der Waals surface area contributed by atoms with Crippen molar-refractivity contribution in [3.05, 3.63) is 57.6 Å². The molecule has 2 rings (SSSR count). The average molecular weight is 280 g/mol. The lowest BCUT2D eigenvalue weighted by atomic mass is 9.98. The topological polar surface area (TPSA) is 51.8 Å². The highest BCUT2D eigenvalue weighted by molar-refractivity contribution is 6.30. The van der Waals surface area contributed by atoms with Gasteiger partial charge in [-0.2, -0.15) is 10.2 Å². The molecule has 1 unspecified atom stereocenters. The molecule has 5 heteroatoms. The Bertz CT molecular complexity index is 601. The number of hydrogen-bond donors (Lipinski definition) is 1. The molecule has 1 atom stereocenters. The minimum Gasteiger partial charge on any atom is -0.324 e. The molecule has 0 bridgehead atoms. The summed E-state index contributed by atoms with van der Waals surface area (Å²) in [4.78, 5) is 0. The predicted octanol–water partition coefficient (Wildman–Crippen LogP) is 3.13. The van der Waals surface area contributed by atoms with E-state index < -0.39 is 5.82 Å². The molecule has 2 aromatic rings. The molecule has 3 nitrogen and oxygen atoms in total. The number of benzene rings is 1. The summed E-state index contributed by atoms with van der Waals surface area (Å²) >= 11 is 5.76. The minimum absolute atomic E-state index is 0.116. The van der Waals surface area contributed by atoms with Gasteiger partial charge in [0.15, 0.2) is 0 Å². The van der Waals surface area contributed by atoms with Crippen LogP contribution in [0.25, 0.3) is 0 Å². The van der Waals surface area contributed by atoms with Gasteiger partial charge in [-0.05, 0) is 43.5 Å². The Morgan fingerprint density at radius 3 is 2.79 bits per heavy atom. The summed E-state index contributed by atoms with van der Waals surface area (Å²) < 4.78 is 13.8. The molecule has 0 amide bonds. The SMILES string of the molecule is Cc1cc(C(N)Cc2cccc(Cl)c2F)c(C)nn1. The Morgan fingerprint density at radius 1 is 1.32 bits per heavy atom. The molecule has 0 radical (unpaired) electrons. The van der Waals surface area contributed by atoms with Crippen molar-refractivity contribution in [2.24, 2.45) is 5.73 Å². The Morgan fingerprint density at radius 2 is 2.05 bits per heavy atom.